The first-order valence-corrected chi connectivity index (χ1v) is 6.23. The van der Waals surface area contributed by atoms with Gasteiger partial charge in [-0.05, 0) is 26.1 Å². The van der Waals surface area contributed by atoms with Gasteiger partial charge in [-0.1, -0.05) is 26.8 Å². The van der Waals surface area contributed by atoms with E-state index in [2.05, 4.69) is 20.4 Å². The Morgan fingerprint density at radius 3 is 1.50 bits per heavy atom. The molecular weight excluding hydrogens is 252 g/mol. The third kappa shape index (κ3) is 3.89. The van der Waals surface area contributed by atoms with Crippen molar-refractivity contribution in [3.05, 3.63) is 12.2 Å². The Kier molecular flexibility index (Phi) is 9.29. The molecule has 0 spiro atoms. The van der Waals surface area contributed by atoms with Crippen LogP contribution in [-0.2, 0) is 9.59 Å². The van der Waals surface area contributed by atoms with Crippen LogP contribution in [0.1, 0.15) is 34.1 Å². The molecular formula is C12H22N2O3S. The molecule has 0 aromatic heterocycles. The van der Waals surface area contributed by atoms with Crippen LogP contribution in [0.5, 0.6) is 0 Å². The Bertz CT molecular complexity index is 314. The number of hydrogen-bond donors (Lipinski definition) is 0. The Morgan fingerprint density at radius 1 is 1.00 bits per heavy atom. The average Bonchev–Trinajstić information content (AvgIpc) is 2.29. The van der Waals surface area contributed by atoms with Crippen LogP contribution in [0.3, 0.4) is 0 Å². The van der Waals surface area contributed by atoms with Crippen molar-refractivity contribution in [3.8, 4) is 0 Å². The highest BCUT2D eigenvalue weighted by atomic mass is 32.1. The van der Waals surface area contributed by atoms with Crippen LogP contribution in [0.2, 0.25) is 0 Å². The highest BCUT2D eigenvalue weighted by Gasteiger charge is 2.36. The van der Waals surface area contributed by atoms with Crippen LogP contribution >= 0.6 is 12.2 Å². The SMILES string of the molecule is C=C1C(=O)N(CC)C(=S)N(CC)C1=O.CCC.O. The molecule has 2 amide bonds. The van der Waals surface area contributed by atoms with Gasteiger partial charge in [-0.3, -0.25) is 19.4 Å². The summed E-state index contributed by atoms with van der Waals surface area (Å²) in [5.74, 6) is -0.764. The molecule has 0 unspecified atom stereocenters. The minimum absolute atomic E-state index is 0. The predicted octanol–water partition coefficient (Wildman–Crippen LogP) is 1.13. The van der Waals surface area contributed by atoms with Crippen LogP contribution in [0.15, 0.2) is 12.2 Å². The standard InChI is InChI=1S/C9H12N2O2S.C3H8.H2O/c1-4-10-7(12)6(3)8(13)11(5-2)9(10)14;1-3-2;/h3-5H2,1-2H3;3H2,1-2H3;1H2. The van der Waals surface area contributed by atoms with E-state index < -0.39 is 0 Å². The summed E-state index contributed by atoms with van der Waals surface area (Å²) >= 11 is 5.02. The topological polar surface area (TPSA) is 72.1 Å². The van der Waals surface area contributed by atoms with E-state index >= 15 is 0 Å². The molecule has 2 N–H and O–H groups in total. The van der Waals surface area contributed by atoms with Crippen molar-refractivity contribution in [2.24, 2.45) is 0 Å². The van der Waals surface area contributed by atoms with E-state index in [0.29, 0.717) is 13.1 Å². The Hall–Kier alpha value is -1.27. The molecule has 1 saturated heterocycles. The molecule has 1 aliphatic rings. The van der Waals surface area contributed by atoms with E-state index in [1.54, 1.807) is 13.8 Å². The Balaban J connectivity index is 0. The zero-order valence-corrected chi connectivity index (χ0v) is 12.3. The second kappa shape index (κ2) is 8.77. The molecule has 104 valence electrons. The lowest BCUT2D eigenvalue weighted by Gasteiger charge is -2.34. The summed E-state index contributed by atoms with van der Waals surface area (Å²) < 4.78 is 0. The number of hydrogen-bond acceptors (Lipinski definition) is 3. The lowest BCUT2D eigenvalue weighted by molar-refractivity contribution is -0.133. The van der Waals surface area contributed by atoms with E-state index in [4.69, 9.17) is 12.2 Å². The van der Waals surface area contributed by atoms with Gasteiger partial charge in [0.2, 0.25) is 0 Å². The number of thiocarbonyl (C=S) groups is 1. The maximum atomic E-state index is 11.5. The fourth-order valence-electron chi connectivity index (χ4n) is 1.29. The quantitative estimate of drug-likeness (QED) is 0.430. The highest BCUT2D eigenvalue weighted by molar-refractivity contribution is 7.80. The van der Waals surface area contributed by atoms with Crippen LogP contribution < -0.4 is 0 Å². The van der Waals surface area contributed by atoms with Gasteiger partial charge in [0.15, 0.2) is 5.11 Å². The first-order valence-electron chi connectivity index (χ1n) is 5.82. The summed E-state index contributed by atoms with van der Waals surface area (Å²) in [6.45, 7) is 12.2. The number of likely N-dealkylation sites (N-methyl/N-ethyl adjacent to an activating group) is 2. The van der Waals surface area contributed by atoms with Crippen molar-refractivity contribution in [1.82, 2.24) is 9.80 Å². The average molecular weight is 274 g/mol. The summed E-state index contributed by atoms with van der Waals surface area (Å²) in [6.07, 6.45) is 1.25. The van der Waals surface area contributed by atoms with Crippen molar-refractivity contribution in [2.75, 3.05) is 13.1 Å². The Morgan fingerprint density at radius 2 is 1.28 bits per heavy atom. The van der Waals surface area contributed by atoms with E-state index in [1.165, 1.54) is 16.2 Å². The van der Waals surface area contributed by atoms with Crippen molar-refractivity contribution in [2.45, 2.75) is 34.1 Å². The van der Waals surface area contributed by atoms with E-state index in [1.807, 2.05) is 0 Å². The molecule has 0 aliphatic carbocycles. The fourth-order valence-corrected chi connectivity index (χ4v) is 1.72. The lowest BCUT2D eigenvalue weighted by Crippen LogP contribution is -2.55. The van der Waals surface area contributed by atoms with Gasteiger partial charge in [-0.15, -0.1) is 0 Å². The van der Waals surface area contributed by atoms with Gasteiger partial charge in [0.1, 0.15) is 0 Å². The molecule has 0 saturated carbocycles. The summed E-state index contributed by atoms with van der Waals surface area (Å²) in [5.41, 5.74) is -0.0118. The first kappa shape index (κ1) is 19.1. The zero-order chi connectivity index (χ0) is 13.6. The monoisotopic (exact) mass is 274 g/mol. The molecule has 1 aliphatic heterocycles. The van der Waals surface area contributed by atoms with E-state index in [9.17, 15) is 9.59 Å². The van der Waals surface area contributed by atoms with Crippen LogP contribution in [0, 0.1) is 0 Å². The number of nitrogens with zero attached hydrogens (tertiary/aromatic N) is 2. The minimum atomic E-state index is -0.382. The van der Waals surface area contributed by atoms with Gasteiger partial charge in [0.05, 0.1) is 5.57 Å². The molecule has 0 bridgehead atoms. The van der Waals surface area contributed by atoms with Gasteiger partial charge < -0.3 is 5.48 Å². The van der Waals surface area contributed by atoms with Gasteiger partial charge in [0.25, 0.3) is 11.8 Å². The summed E-state index contributed by atoms with van der Waals surface area (Å²) in [6, 6.07) is 0. The largest absolute Gasteiger partial charge is 0.412 e. The van der Waals surface area contributed by atoms with Crippen molar-refractivity contribution in [3.63, 3.8) is 0 Å². The normalized spacial score (nSPS) is 15.1. The molecule has 1 rings (SSSR count). The maximum absolute atomic E-state index is 11.5. The third-order valence-electron chi connectivity index (χ3n) is 2.10. The number of rotatable bonds is 2. The first-order chi connectivity index (χ1) is 7.95. The fraction of sp³-hybridized carbons (Fsp3) is 0.583. The summed E-state index contributed by atoms with van der Waals surface area (Å²) in [7, 11) is 0. The zero-order valence-electron chi connectivity index (χ0n) is 11.4. The number of carbonyl (C=O) groups excluding carboxylic acids is 2. The molecule has 5 nitrogen and oxygen atoms in total. The molecule has 0 aromatic carbocycles. The minimum Gasteiger partial charge on any atom is -0.412 e. The maximum Gasteiger partial charge on any atom is 0.265 e. The second-order valence-corrected chi connectivity index (χ2v) is 3.93. The van der Waals surface area contributed by atoms with Gasteiger partial charge in [-0.25, -0.2) is 0 Å². The third-order valence-corrected chi connectivity index (χ3v) is 2.54. The van der Waals surface area contributed by atoms with Crippen LogP contribution in [-0.4, -0.2) is 45.3 Å². The number of amides is 2. The molecule has 18 heavy (non-hydrogen) atoms. The predicted molar refractivity (Wildman–Crippen MR) is 76.1 cm³/mol. The van der Waals surface area contributed by atoms with Gasteiger partial charge in [0, 0.05) is 13.1 Å². The number of carbonyl (C=O) groups is 2. The second-order valence-electron chi connectivity index (χ2n) is 3.57. The molecule has 6 heteroatoms. The summed E-state index contributed by atoms with van der Waals surface area (Å²) in [5, 5.41) is 0.275. The molecule has 1 fully saturated rings. The molecule has 0 atom stereocenters. The van der Waals surface area contributed by atoms with Crippen molar-refractivity contribution >= 4 is 29.1 Å². The highest BCUT2D eigenvalue weighted by Crippen LogP contribution is 2.15. The van der Waals surface area contributed by atoms with Gasteiger partial charge >= 0.3 is 0 Å². The van der Waals surface area contributed by atoms with E-state index in [0.717, 1.165) is 0 Å². The van der Waals surface area contributed by atoms with Crippen molar-refractivity contribution in [1.29, 1.82) is 0 Å². The van der Waals surface area contributed by atoms with Crippen molar-refractivity contribution < 1.29 is 15.1 Å². The molecule has 0 radical (unpaired) electrons. The Labute approximate surface area is 114 Å². The summed E-state index contributed by atoms with van der Waals surface area (Å²) in [4.78, 5) is 25.8. The van der Waals surface area contributed by atoms with Crippen LogP contribution in [0.4, 0.5) is 0 Å². The van der Waals surface area contributed by atoms with Gasteiger partial charge in [-0.2, -0.15) is 0 Å². The van der Waals surface area contributed by atoms with E-state index in [-0.39, 0.29) is 28.0 Å². The lowest BCUT2D eigenvalue weighted by atomic mass is 10.2. The molecule has 1 heterocycles. The smallest absolute Gasteiger partial charge is 0.265 e. The molecule has 0 aromatic rings. The van der Waals surface area contributed by atoms with Crippen LogP contribution in [0.25, 0.3) is 0 Å².